The summed E-state index contributed by atoms with van der Waals surface area (Å²) < 4.78 is 0. The summed E-state index contributed by atoms with van der Waals surface area (Å²) in [6, 6.07) is 10.5. The molecule has 0 saturated heterocycles. The number of aromatic nitrogens is 2. The zero-order valence-electron chi connectivity index (χ0n) is 15.0. The summed E-state index contributed by atoms with van der Waals surface area (Å²) in [5.41, 5.74) is 5.47. The minimum Gasteiger partial charge on any atom is -0.310 e. The fraction of sp³-hybridized carbons (Fsp3) is 0.286. The van der Waals surface area contributed by atoms with Crippen LogP contribution in [-0.4, -0.2) is 21.9 Å². The average Bonchev–Trinajstić information content (AvgIpc) is 3.07. The summed E-state index contributed by atoms with van der Waals surface area (Å²) in [4.78, 5) is 23.3. The third kappa shape index (κ3) is 3.15. The van der Waals surface area contributed by atoms with Crippen LogP contribution in [0.3, 0.4) is 0 Å². The van der Waals surface area contributed by atoms with E-state index < -0.39 is 0 Å². The molecular formula is C21H21N3OS. The van der Waals surface area contributed by atoms with Gasteiger partial charge in [-0.1, -0.05) is 6.07 Å². The Balaban J connectivity index is 1.71. The largest absolute Gasteiger partial charge is 0.310 e. The van der Waals surface area contributed by atoms with Gasteiger partial charge in [-0.05, 0) is 56.5 Å². The number of carbonyl (C=O) groups is 1. The summed E-state index contributed by atoms with van der Waals surface area (Å²) in [7, 11) is 0. The summed E-state index contributed by atoms with van der Waals surface area (Å²) >= 11 is 1.64. The van der Waals surface area contributed by atoms with Gasteiger partial charge in [-0.15, -0.1) is 11.3 Å². The van der Waals surface area contributed by atoms with Crippen molar-refractivity contribution in [2.45, 2.75) is 39.2 Å². The summed E-state index contributed by atoms with van der Waals surface area (Å²) in [6.45, 7) is 4.14. The van der Waals surface area contributed by atoms with E-state index in [0.717, 1.165) is 40.4 Å². The van der Waals surface area contributed by atoms with Gasteiger partial charge >= 0.3 is 0 Å². The normalized spacial score (nSPS) is 14.4. The lowest BCUT2D eigenvalue weighted by Crippen LogP contribution is -2.36. The van der Waals surface area contributed by atoms with Crippen molar-refractivity contribution in [1.82, 2.24) is 9.97 Å². The van der Waals surface area contributed by atoms with Gasteiger partial charge in [0.1, 0.15) is 5.01 Å². The SMILES string of the molecule is CC(C)N1C(=O)CCCc2cc(-c3csc(-c4ccncc4)n3)ccc21. The van der Waals surface area contributed by atoms with Gasteiger partial charge < -0.3 is 4.90 Å². The maximum atomic E-state index is 12.4. The molecule has 0 aliphatic carbocycles. The minimum atomic E-state index is 0.169. The molecule has 3 heterocycles. The van der Waals surface area contributed by atoms with Crippen LogP contribution in [0.5, 0.6) is 0 Å². The highest BCUT2D eigenvalue weighted by molar-refractivity contribution is 7.13. The Morgan fingerprint density at radius 1 is 1.08 bits per heavy atom. The summed E-state index contributed by atoms with van der Waals surface area (Å²) in [5, 5.41) is 3.09. The maximum Gasteiger partial charge on any atom is 0.227 e. The number of amides is 1. The van der Waals surface area contributed by atoms with Crippen molar-refractivity contribution in [2.24, 2.45) is 0 Å². The van der Waals surface area contributed by atoms with Gasteiger partial charge in [0.25, 0.3) is 0 Å². The standard InChI is InChI=1S/C21H21N3OS/c1-14(2)24-19-7-6-16(12-17(19)4-3-5-20(24)25)18-13-26-21(23-18)15-8-10-22-11-9-15/h6-14H,3-5H2,1-2H3. The molecule has 1 aromatic carbocycles. The maximum absolute atomic E-state index is 12.4. The highest BCUT2D eigenvalue weighted by Crippen LogP contribution is 2.34. The monoisotopic (exact) mass is 363 g/mol. The zero-order valence-corrected chi connectivity index (χ0v) is 15.8. The second kappa shape index (κ2) is 7.00. The molecule has 132 valence electrons. The molecule has 0 atom stereocenters. The first-order valence-electron chi connectivity index (χ1n) is 8.95. The summed E-state index contributed by atoms with van der Waals surface area (Å²) in [5.74, 6) is 0.222. The molecule has 5 heteroatoms. The fourth-order valence-electron chi connectivity index (χ4n) is 3.46. The van der Waals surface area contributed by atoms with Crippen molar-refractivity contribution in [3.63, 3.8) is 0 Å². The van der Waals surface area contributed by atoms with Gasteiger partial charge in [-0.3, -0.25) is 9.78 Å². The van der Waals surface area contributed by atoms with Crippen molar-refractivity contribution in [3.05, 3.63) is 53.7 Å². The lowest BCUT2D eigenvalue weighted by molar-refractivity contribution is -0.118. The number of carbonyl (C=O) groups excluding carboxylic acids is 1. The van der Waals surface area contributed by atoms with Crippen molar-refractivity contribution in [1.29, 1.82) is 0 Å². The molecule has 0 bridgehead atoms. The molecule has 0 unspecified atom stereocenters. The molecule has 0 N–H and O–H groups in total. The van der Waals surface area contributed by atoms with E-state index in [0.29, 0.717) is 6.42 Å². The van der Waals surface area contributed by atoms with E-state index in [9.17, 15) is 4.79 Å². The topological polar surface area (TPSA) is 46.1 Å². The van der Waals surface area contributed by atoms with E-state index in [1.165, 1.54) is 5.56 Å². The van der Waals surface area contributed by atoms with E-state index in [-0.39, 0.29) is 11.9 Å². The van der Waals surface area contributed by atoms with Crippen LogP contribution in [0.15, 0.2) is 48.1 Å². The van der Waals surface area contributed by atoms with Crippen LogP contribution in [0, 0.1) is 0 Å². The Bertz CT molecular complexity index is 933. The van der Waals surface area contributed by atoms with E-state index in [4.69, 9.17) is 4.98 Å². The number of anilines is 1. The first-order chi connectivity index (χ1) is 12.6. The minimum absolute atomic E-state index is 0.169. The second-order valence-corrected chi connectivity index (χ2v) is 7.69. The third-order valence-electron chi connectivity index (χ3n) is 4.69. The molecule has 1 aliphatic heterocycles. The van der Waals surface area contributed by atoms with Crippen molar-refractivity contribution >= 4 is 22.9 Å². The first-order valence-corrected chi connectivity index (χ1v) is 9.83. The number of hydrogen-bond acceptors (Lipinski definition) is 4. The lowest BCUT2D eigenvalue weighted by atomic mass is 10.0. The molecule has 0 saturated carbocycles. The van der Waals surface area contributed by atoms with Crippen LogP contribution in [0.25, 0.3) is 21.8 Å². The number of benzene rings is 1. The number of rotatable bonds is 3. The predicted molar refractivity (Wildman–Crippen MR) is 106 cm³/mol. The number of fused-ring (bicyclic) bond motifs is 1. The summed E-state index contributed by atoms with van der Waals surface area (Å²) in [6.07, 6.45) is 6.02. The molecule has 26 heavy (non-hydrogen) atoms. The van der Waals surface area contributed by atoms with Crippen LogP contribution in [0.4, 0.5) is 5.69 Å². The lowest BCUT2D eigenvalue weighted by Gasteiger charge is -2.27. The van der Waals surface area contributed by atoms with Crippen LogP contribution >= 0.6 is 11.3 Å². The van der Waals surface area contributed by atoms with Crippen molar-refractivity contribution < 1.29 is 4.79 Å². The number of hydrogen-bond donors (Lipinski definition) is 0. The zero-order chi connectivity index (χ0) is 18.1. The van der Waals surface area contributed by atoms with Crippen LogP contribution in [-0.2, 0) is 11.2 Å². The molecule has 0 radical (unpaired) electrons. The smallest absolute Gasteiger partial charge is 0.227 e. The average molecular weight is 363 g/mol. The quantitative estimate of drug-likeness (QED) is 0.661. The molecule has 0 fully saturated rings. The van der Waals surface area contributed by atoms with Crippen LogP contribution in [0.1, 0.15) is 32.3 Å². The predicted octanol–water partition coefficient (Wildman–Crippen LogP) is 4.95. The Kier molecular flexibility index (Phi) is 4.55. The third-order valence-corrected chi connectivity index (χ3v) is 5.58. The number of aryl methyl sites for hydroxylation is 1. The van der Waals surface area contributed by atoms with Gasteiger partial charge in [-0.2, -0.15) is 0 Å². The molecule has 4 nitrogen and oxygen atoms in total. The van der Waals surface area contributed by atoms with Gasteiger partial charge in [-0.25, -0.2) is 4.98 Å². The van der Waals surface area contributed by atoms with Gasteiger partial charge in [0, 0.05) is 47.1 Å². The molecular weight excluding hydrogens is 342 g/mol. The van der Waals surface area contributed by atoms with Gasteiger partial charge in [0.2, 0.25) is 5.91 Å². The van der Waals surface area contributed by atoms with E-state index >= 15 is 0 Å². The molecule has 2 aromatic heterocycles. The first kappa shape index (κ1) is 16.9. The Labute approximate surface area is 157 Å². The molecule has 1 amide bonds. The highest BCUT2D eigenvalue weighted by atomic mass is 32.1. The number of pyridine rings is 1. The van der Waals surface area contributed by atoms with Gasteiger partial charge in [0.15, 0.2) is 0 Å². The number of nitrogens with zero attached hydrogens (tertiary/aromatic N) is 3. The highest BCUT2D eigenvalue weighted by Gasteiger charge is 2.24. The van der Waals surface area contributed by atoms with E-state index in [2.05, 4.69) is 42.4 Å². The Morgan fingerprint density at radius 2 is 1.88 bits per heavy atom. The van der Waals surface area contributed by atoms with E-state index in [1.807, 2.05) is 17.0 Å². The second-order valence-electron chi connectivity index (χ2n) is 6.83. The van der Waals surface area contributed by atoms with Crippen LogP contribution in [0.2, 0.25) is 0 Å². The van der Waals surface area contributed by atoms with E-state index in [1.54, 1.807) is 23.7 Å². The van der Waals surface area contributed by atoms with Gasteiger partial charge in [0.05, 0.1) is 5.69 Å². The molecule has 4 rings (SSSR count). The molecule has 3 aromatic rings. The fourth-order valence-corrected chi connectivity index (χ4v) is 4.30. The molecule has 0 spiro atoms. The Morgan fingerprint density at radius 3 is 2.65 bits per heavy atom. The van der Waals surface area contributed by atoms with Crippen LogP contribution < -0.4 is 4.90 Å². The van der Waals surface area contributed by atoms with Crippen molar-refractivity contribution in [3.8, 4) is 21.8 Å². The number of thiazole rings is 1. The van der Waals surface area contributed by atoms with Crippen molar-refractivity contribution in [2.75, 3.05) is 4.90 Å². The molecule has 1 aliphatic rings. The Hall–Kier alpha value is -2.53.